The molecule has 3 atom stereocenters. The number of methoxy groups -OCH3 is 1. The molecule has 0 bridgehead atoms. The van der Waals surface area contributed by atoms with Crippen molar-refractivity contribution in [1.29, 1.82) is 0 Å². The van der Waals surface area contributed by atoms with Crippen molar-refractivity contribution in [1.82, 2.24) is 0 Å². The van der Waals surface area contributed by atoms with Gasteiger partial charge in [0.05, 0.1) is 20.3 Å². The lowest BCUT2D eigenvalue weighted by molar-refractivity contribution is -0.192. The molecule has 2 aliphatic carbocycles. The molecule has 0 unspecified atom stereocenters. The van der Waals surface area contributed by atoms with Gasteiger partial charge in [-0.2, -0.15) is 0 Å². The summed E-state index contributed by atoms with van der Waals surface area (Å²) in [6.07, 6.45) is 8.06. The van der Waals surface area contributed by atoms with Crippen molar-refractivity contribution in [2.45, 2.75) is 71.5 Å². The van der Waals surface area contributed by atoms with Gasteiger partial charge in [0, 0.05) is 12.3 Å². The van der Waals surface area contributed by atoms with Crippen LogP contribution in [0.5, 0.6) is 5.75 Å². The Balaban J connectivity index is 1.61. The standard InChI is InChI=1S/C25H36O3/c1-17(2)10-13-25(27-14-15-28-25)18(3)22-8-9-23-21-7-6-20(26-5)16-19(21)11-12-24(22,23)4/h6-8,16-18,23H,9-15H2,1-5H3/t18-,23-,24+/m0/s1. The molecule has 1 saturated heterocycles. The Morgan fingerprint density at radius 3 is 2.61 bits per heavy atom. The lowest BCUT2D eigenvalue weighted by Gasteiger charge is -2.45. The van der Waals surface area contributed by atoms with E-state index >= 15 is 0 Å². The third-order valence-corrected chi connectivity index (χ3v) is 7.61. The molecule has 3 nitrogen and oxygen atoms in total. The second-order valence-electron chi connectivity index (χ2n) is 9.59. The Bertz CT molecular complexity index is 744. The van der Waals surface area contributed by atoms with Crippen molar-refractivity contribution in [3.63, 3.8) is 0 Å². The molecule has 0 spiro atoms. The normalized spacial score (nSPS) is 29.4. The van der Waals surface area contributed by atoms with E-state index in [9.17, 15) is 0 Å². The molecular formula is C25H36O3. The summed E-state index contributed by atoms with van der Waals surface area (Å²) in [5, 5.41) is 0. The third kappa shape index (κ3) is 3.21. The molecule has 1 aromatic carbocycles. The lowest BCUT2D eigenvalue weighted by atomic mass is 9.61. The zero-order valence-corrected chi connectivity index (χ0v) is 18.2. The summed E-state index contributed by atoms with van der Waals surface area (Å²) < 4.78 is 18.1. The molecule has 0 aromatic heterocycles. The summed E-state index contributed by atoms with van der Waals surface area (Å²) in [4.78, 5) is 0. The molecule has 1 aliphatic heterocycles. The Kier molecular flexibility index (Phi) is 5.35. The van der Waals surface area contributed by atoms with E-state index in [2.05, 4.69) is 52.0 Å². The summed E-state index contributed by atoms with van der Waals surface area (Å²) in [7, 11) is 1.75. The van der Waals surface area contributed by atoms with Crippen LogP contribution in [0, 0.1) is 17.3 Å². The fourth-order valence-electron chi connectivity index (χ4n) is 5.87. The summed E-state index contributed by atoms with van der Waals surface area (Å²) in [5.74, 6) is 2.05. The van der Waals surface area contributed by atoms with E-state index in [1.807, 2.05) is 0 Å². The largest absolute Gasteiger partial charge is 0.497 e. The molecule has 3 aliphatic rings. The average molecular weight is 385 g/mol. The van der Waals surface area contributed by atoms with E-state index < -0.39 is 5.79 Å². The molecule has 3 heteroatoms. The number of rotatable bonds is 6. The second-order valence-corrected chi connectivity index (χ2v) is 9.59. The first-order valence-corrected chi connectivity index (χ1v) is 11.0. The van der Waals surface area contributed by atoms with Crippen LogP contribution in [0.1, 0.15) is 70.4 Å². The van der Waals surface area contributed by atoms with Gasteiger partial charge in [0.15, 0.2) is 5.79 Å². The van der Waals surface area contributed by atoms with E-state index in [1.54, 1.807) is 12.7 Å². The van der Waals surface area contributed by atoms with Gasteiger partial charge in [-0.1, -0.05) is 45.4 Å². The Hall–Kier alpha value is -1.32. The fraction of sp³-hybridized carbons (Fsp3) is 0.680. The van der Waals surface area contributed by atoms with Crippen LogP contribution >= 0.6 is 0 Å². The Labute approximate surface area is 170 Å². The van der Waals surface area contributed by atoms with Crippen molar-refractivity contribution in [3.05, 3.63) is 41.0 Å². The van der Waals surface area contributed by atoms with Gasteiger partial charge in [-0.05, 0) is 66.2 Å². The number of allylic oxidation sites excluding steroid dienone is 1. The molecule has 0 amide bonds. The van der Waals surface area contributed by atoms with Gasteiger partial charge >= 0.3 is 0 Å². The van der Waals surface area contributed by atoms with Gasteiger partial charge in [0.1, 0.15) is 5.75 Å². The molecule has 1 aromatic rings. The fourth-order valence-corrected chi connectivity index (χ4v) is 5.87. The molecule has 0 saturated carbocycles. The van der Waals surface area contributed by atoms with Crippen LogP contribution in [0.3, 0.4) is 0 Å². The monoisotopic (exact) mass is 384 g/mol. The van der Waals surface area contributed by atoms with Gasteiger partial charge < -0.3 is 14.2 Å². The number of fused-ring (bicyclic) bond motifs is 3. The minimum absolute atomic E-state index is 0.196. The number of hydrogen-bond donors (Lipinski definition) is 0. The molecule has 4 rings (SSSR count). The van der Waals surface area contributed by atoms with Crippen molar-refractivity contribution in [2.24, 2.45) is 17.3 Å². The summed E-state index contributed by atoms with van der Waals surface area (Å²) in [6, 6.07) is 6.66. The maximum atomic E-state index is 6.31. The zero-order chi connectivity index (χ0) is 19.9. The molecule has 1 fully saturated rings. The number of hydrogen-bond acceptors (Lipinski definition) is 3. The van der Waals surface area contributed by atoms with Crippen LogP contribution in [0.4, 0.5) is 0 Å². The van der Waals surface area contributed by atoms with E-state index in [0.29, 0.717) is 17.8 Å². The number of aryl methyl sites for hydroxylation is 1. The van der Waals surface area contributed by atoms with Crippen molar-refractivity contribution in [2.75, 3.05) is 20.3 Å². The second kappa shape index (κ2) is 7.50. The number of benzene rings is 1. The van der Waals surface area contributed by atoms with Crippen LogP contribution in [0.2, 0.25) is 0 Å². The van der Waals surface area contributed by atoms with Crippen molar-refractivity contribution in [3.8, 4) is 5.75 Å². The smallest absolute Gasteiger partial charge is 0.174 e. The van der Waals surface area contributed by atoms with Crippen molar-refractivity contribution >= 4 is 0 Å². The quantitative estimate of drug-likeness (QED) is 0.574. The Morgan fingerprint density at radius 2 is 1.93 bits per heavy atom. The minimum Gasteiger partial charge on any atom is -0.497 e. The van der Waals surface area contributed by atoms with E-state index in [1.165, 1.54) is 17.5 Å². The number of ether oxygens (including phenoxy) is 3. The topological polar surface area (TPSA) is 27.7 Å². The van der Waals surface area contributed by atoms with Gasteiger partial charge in [0.25, 0.3) is 0 Å². The van der Waals surface area contributed by atoms with E-state index in [4.69, 9.17) is 14.2 Å². The SMILES string of the molecule is COc1ccc2c(c1)CC[C@]1(C)C([C@H](C)C3(CCC(C)C)OCCO3)=CC[C@@H]21. The van der Waals surface area contributed by atoms with Gasteiger partial charge in [-0.25, -0.2) is 0 Å². The molecule has 0 N–H and O–H groups in total. The van der Waals surface area contributed by atoms with Crippen LogP contribution < -0.4 is 4.74 Å². The van der Waals surface area contributed by atoms with Gasteiger partial charge in [0.2, 0.25) is 0 Å². The highest BCUT2D eigenvalue weighted by molar-refractivity contribution is 5.46. The average Bonchev–Trinajstić information content (AvgIpc) is 3.30. The minimum atomic E-state index is -0.436. The van der Waals surface area contributed by atoms with Crippen LogP contribution in [0.25, 0.3) is 0 Å². The maximum Gasteiger partial charge on any atom is 0.174 e. The highest BCUT2D eigenvalue weighted by Gasteiger charge is 2.52. The van der Waals surface area contributed by atoms with E-state index in [0.717, 1.165) is 44.6 Å². The molecule has 154 valence electrons. The van der Waals surface area contributed by atoms with Crippen molar-refractivity contribution < 1.29 is 14.2 Å². The van der Waals surface area contributed by atoms with Gasteiger partial charge in [-0.15, -0.1) is 0 Å². The molecule has 0 radical (unpaired) electrons. The van der Waals surface area contributed by atoms with Gasteiger partial charge in [-0.3, -0.25) is 0 Å². The Morgan fingerprint density at radius 1 is 1.18 bits per heavy atom. The predicted molar refractivity (Wildman–Crippen MR) is 113 cm³/mol. The highest BCUT2D eigenvalue weighted by Crippen LogP contribution is 2.59. The molecular weight excluding hydrogens is 348 g/mol. The first kappa shape index (κ1) is 20.0. The van der Waals surface area contributed by atoms with E-state index in [-0.39, 0.29) is 5.41 Å². The predicted octanol–water partition coefficient (Wildman–Crippen LogP) is 5.88. The third-order valence-electron chi connectivity index (χ3n) is 7.61. The molecule has 1 heterocycles. The molecule has 28 heavy (non-hydrogen) atoms. The summed E-state index contributed by atoms with van der Waals surface area (Å²) in [5.41, 5.74) is 4.73. The van der Waals surface area contributed by atoms with Crippen LogP contribution in [-0.4, -0.2) is 26.1 Å². The van der Waals surface area contributed by atoms with Crippen LogP contribution in [0.15, 0.2) is 29.8 Å². The summed E-state index contributed by atoms with van der Waals surface area (Å²) >= 11 is 0. The lowest BCUT2D eigenvalue weighted by Crippen LogP contribution is -2.43. The first-order chi connectivity index (χ1) is 13.4. The summed E-state index contributed by atoms with van der Waals surface area (Å²) in [6.45, 7) is 10.8. The maximum absolute atomic E-state index is 6.31. The van der Waals surface area contributed by atoms with Crippen LogP contribution in [-0.2, 0) is 15.9 Å². The highest BCUT2D eigenvalue weighted by atomic mass is 16.7. The zero-order valence-electron chi connectivity index (χ0n) is 18.2. The first-order valence-electron chi connectivity index (χ1n) is 11.0.